The summed E-state index contributed by atoms with van der Waals surface area (Å²) in [6, 6.07) is 8.30. The van der Waals surface area contributed by atoms with Gasteiger partial charge in [-0.1, -0.05) is 18.2 Å². The van der Waals surface area contributed by atoms with Crippen molar-refractivity contribution in [2.24, 2.45) is 0 Å². The van der Waals surface area contributed by atoms with E-state index in [-0.39, 0.29) is 0 Å². The van der Waals surface area contributed by atoms with E-state index in [1.165, 1.54) is 0 Å². The second-order valence-corrected chi connectivity index (χ2v) is 1.67. The van der Waals surface area contributed by atoms with Gasteiger partial charge in [0.25, 0.3) is 0 Å². The van der Waals surface area contributed by atoms with E-state index in [4.69, 9.17) is 9.67 Å². The van der Waals surface area contributed by atoms with Crippen LogP contribution in [0, 0.1) is 0 Å². The molecule has 1 atom stereocenters. The van der Waals surface area contributed by atoms with Crippen LogP contribution in [0.2, 0.25) is 0 Å². The average Bonchev–Trinajstić information content (AvgIpc) is 2.10. The van der Waals surface area contributed by atoms with E-state index < -0.39 is 5.97 Å². The fraction of sp³-hybridized carbons (Fsp3) is 0. The summed E-state index contributed by atoms with van der Waals surface area (Å²) in [7, 11) is 0.611. The Hall–Kier alpha value is -1.08. The lowest BCUT2D eigenvalue weighted by atomic mass is 10.2. The Kier molecular flexibility index (Phi) is 5.13. The minimum Gasteiger partial charge on any atom is -0.478 e. The minimum atomic E-state index is -0.879. The molecule has 1 aromatic carbocycles. The maximum Gasteiger partial charge on any atom is 0.335 e. The van der Waals surface area contributed by atoms with Gasteiger partial charge in [0.05, 0.1) is 14.7 Å². The summed E-state index contributed by atoms with van der Waals surface area (Å²) in [5, 5.41) is 8.38. The molecule has 1 N–H and O–H groups in total. The number of carboxylic acid groups (broad SMARTS) is 1. The SMILES string of the molecule is O=C(O)c1ccccc1.O=[PH3]. The van der Waals surface area contributed by atoms with Gasteiger partial charge in [0.2, 0.25) is 0 Å². The normalized spacial score (nSPS) is 8.00. The molecule has 0 saturated carbocycles. The second kappa shape index (κ2) is 5.69. The van der Waals surface area contributed by atoms with Gasteiger partial charge in [-0.15, -0.1) is 0 Å². The molecular weight excluding hydrogens is 163 g/mol. The predicted molar refractivity (Wildman–Crippen MR) is 45.2 cm³/mol. The van der Waals surface area contributed by atoms with E-state index in [1.807, 2.05) is 0 Å². The molecule has 1 rings (SSSR count). The Morgan fingerprint density at radius 1 is 1.18 bits per heavy atom. The highest BCUT2D eigenvalue weighted by Gasteiger charge is 1.96. The molecule has 0 fully saturated rings. The minimum absolute atomic E-state index is 0.331. The summed E-state index contributed by atoms with van der Waals surface area (Å²) in [5.41, 5.74) is 0.331. The van der Waals surface area contributed by atoms with Gasteiger partial charge in [-0.05, 0) is 12.1 Å². The maximum absolute atomic E-state index is 10.2. The Balaban J connectivity index is 0.000000461. The van der Waals surface area contributed by atoms with Gasteiger partial charge in [0, 0.05) is 0 Å². The largest absolute Gasteiger partial charge is 0.478 e. The van der Waals surface area contributed by atoms with Crippen molar-refractivity contribution in [1.82, 2.24) is 0 Å². The number of carbonyl (C=O) groups is 1. The Labute approximate surface area is 66.3 Å². The summed E-state index contributed by atoms with van der Waals surface area (Å²) >= 11 is 0. The smallest absolute Gasteiger partial charge is 0.335 e. The first-order valence-electron chi connectivity index (χ1n) is 2.88. The molecule has 3 nitrogen and oxygen atoms in total. The predicted octanol–water partition coefficient (Wildman–Crippen LogP) is 1.32. The van der Waals surface area contributed by atoms with Gasteiger partial charge < -0.3 is 9.67 Å². The first-order valence-corrected chi connectivity index (χ1v) is 3.45. The highest BCUT2D eigenvalue weighted by Crippen LogP contribution is 1.96. The lowest BCUT2D eigenvalue weighted by molar-refractivity contribution is 0.0697. The van der Waals surface area contributed by atoms with Crippen molar-refractivity contribution in [2.75, 3.05) is 0 Å². The van der Waals surface area contributed by atoms with Crippen LogP contribution < -0.4 is 0 Å². The summed E-state index contributed by atoms with van der Waals surface area (Å²) in [4.78, 5) is 10.2. The summed E-state index contributed by atoms with van der Waals surface area (Å²) < 4.78 is 8.28. The third kappa shape index (κ3) is 3.58. The first-order chi connectivity index (χ1) is 5.30. The highest BCUT2D eigenvalue weighted by atomic mass is 31.0. The Morgan fingerprint density at radius 3 is 1.91 bits per heavy atom. The van der Waals surface area contributed by atoms with Crippen LogP contribution in [0.25, 0.3) is 0 Å². The fourth-order valence-corrected chi connectivity index (χ4v) is 0.581. The van der Waals surface area contributed by atoms with E-state index in [1.54, 1.807) is 30.3 Å². The van der Waals surface area contributed by atoms with Crippen molar-refractivity contribution in [3.8, 4) is 0 Å². The van der Waals surface area contributed by atoms with E-state index in [0.717, 1.165) is 0 Å². The van der Waals surface area contributed by atoms with Crippen LogP contribution in [0.4, 0.5) is 0 Å². The molecule has 0 heterocycles. The molecule has 11 heavy (non-hydrogen) atoms. The standard InChI is InChI=1S/C7H6O2.H3OP/c8-7(9)6-4-2-1-3-5-6;1-2/h1-5H,(H,8,9);2H3. The molecule has 0 saturated heterocycles. The molecule has 0 aliphatic heterocycles. The van der Waals surface area contributed by atoms with Crippen molar-refractivity contribution >= 4 is 15.1 Å². The van der Waals surface area contributed by atoms with Gasteiger partial charge in [-0.3, -0.25) is 0 Å². The van der Waals surface area contributed by atoms with Crippen molar-refractivity contribution in [3.05, 3.63) is 35.9 Å². The molecule has 1 aromatic rings. The lowest BCUT2D eigenvalue weighted by Gasteiger charge is -1.88. The van der Waals surface area contributed by atoms with Crippen molar-refractivity contribution < 1.29 is 14.5 Å². The third-order valence-corrected chi connectivity index (χ3v) is 1.02. The van der Waals surface area contributed by atoms with Crippen molar-refractivity contribution in [2.45, 2.75) is 0 Å². The van der Waals surface area contributed by atoms with Crippen LogP contribution in [-0.4, -0.2) is 11.1 Å². The number of hydrogen-bond donors (Lipinski definition) is 1. The van der Waals surface area contributed by atoms with E-state index in [2.05, 4.69) is 0 Å². The summed E-state index contributed by atoms with van der Waals surface area (Å²) in [6.45, 7) is 0. The molecule has 0 spiro atoms. The maximum atomic E-state index is 10.2. The van der Waals surface area contributed by atoms with Crippen LogP contribution in [0.3, 0.4) is 0 Å². The zero-order valence-corrected chi connectivity index (χ0v) is 7.27. The van der Waals surface area contributed by atoms with Crippen LogP contribution >= 0.6 is 9.12 Å². The molecule has 0 amide bonds. The Bertz CT molecular complexity index is 222. The molecule has 1 unspecified atom stereocenters. The highest BCUT2D eigenvalue weighted by molar-refractivity contribution is 7.00. The van der Waals surface area contributed by atoms with Crippen LogP contribution in [0.5, 0.6) is 0 Å². The number of rotatable bonds is 1. The quantitative estimate of drug-likeness (QED) is 0.650. The third-order valence-electron chi connectivity index (χ3n) is 1.02. The molecule has 0 radical (unpaired) electrons. The molecule has 0 aromatic heterocycles. The summed E-state index contributed by atoms with van der Waals surface area (Å²) in [5.74, 6) is -0.879. The van der Waals surface area contributed by atoms with Gasteiger partial charge in [-0.25, -0.2) is 4.79 Å². The zero-order valence-electron chi connectivity index (χ0n) is 5.86. The van der Waals surface area contributed by atoms with Gasteiger partial charge in [0.1, 0.15) is 0 Å². The monoisotopic (exact) mass is 172 g/mol. The second-order valence-electron chi connectivity index (χ2n) is 1.67. The molecule has 0 bridgehead atoms. The molecule has 4 heteroatoms. The fourth-order valence-electron chi connectivity index (χ4n) is 0.581. The topological polar surface area (TPSA) is 54.4 Å². The lowest BCUT2D eigenvalue weighted by Crippen LogP contribution is -1.93. The molecule has 0 aliphatic rings. The zero-order chi connectivity index (χ0) is 8.69. The van der Waals surface area contributed by atoms with Gasteiger partial charge in [0.15, 0.2) is 0 Å². The molecular formula is C7H9O3P. The summed E-state index contributed by atoms with van der Waals surface area (Å²) in [6.07, 6.45) is 0. The number of benzene rings is 1. The van der Waals surface area contributed by atoms with Crippen LogP contribution in [0.1, 0.15) is 10.4 Å². The van der Waals surface area contributed by atoms with Crippen LogP contribution in [-0.2, 0) is 4.57 Å². The van der Waals surface area contributed by atoms with Crippen molar-refractivity contribution in [3.63, 3.8) is 0 Å². The molecule has 0 aliphatic carbocycles. The van der Waals surface area contributed by atoms with Gasteiger partial charge in [-0.2, -0.15) is 0 Å². The van der Waals surface area contributed by atoms with Crippen LogP contribution in [0.15, 0.2) is 30.3 Å². The first kappa shape index (κ1) is 9.92. The Morgan fingerprint density at radius 2 is 1.64 bits per heavy atom. The van der Waals surface area contributed by atoms with E-state index in [9.17, 15) is 4.79 Å². The number of aromatic carboxylic acids is 1. The average molecular weight is 172 g/mol. The number of hydrogen-bond acceptors (Lipinski definition) is 2. The molecule has 60 valence electrons. The van der Waals surface area contributed by atoms with Gasteiger partial charge >= 0.3 is 5.97 Å². The van der Waals surface area contributed by atoms with E-state index >= 15 is 0 Å². The number of carboxylic acids is 1. The van der Waals surface area contributed by atoms with Crippen molar-refractivity contribution in [1.29, 1.82) is 0 Å². The van der Waals surface area contributed by atoms with E-state index in [0.29, 0.717) is 14.7 Å².